The van der Waals surface area contributed by atoms with Crippen molar-refractivity contribution in [3.05, 3.63) is 11.6 Å². The van der Waals surface area contributed by atoms with Crippen molar-refractivity contribution < 1.29 is 14.3 Å². The van der Waals surface area contributed by atoms with Crippen LogP contribution in [0.4, 0.5) is 0 Å². The molecule has 2 rings (SSSR count). The fourth-order valence-corrected chi connectivity index (χ4v) is 3.83. The summed E-state index contributed by atoms with van der Waals surface area (Å²) in [7, 11) is 0. The minimum Gasteiger partial charge on any atom is -0.466 e. The summed E-state index contributed by atoms with van der Waals surface area (Å²) in [6, 6.07) is 0. The quantitative estimate of drug-likeness (QED) is 0.557. The highest BCUT2D eigenvalue weighted by Gasteiger charge is 2.39. The van der Waals surface area contributed by atoms with Gasteiger partial charge in [0.15, 0.2) is 0 Å². The van der Waals surface area contributed by atoms with Crippen LogP contribution in [0, 0.1) is 5.92 Å². The third kappa shape index (κ3) is 4.32. The first kappa shape index (κ1) is 16.5. The van der Waals surface area contributed by atoms with Gasteiger partial charge in [0.2, 0.25) is 0 Å². The van der Waals surface area contributed by atoms with Gasteiger partial charge in [-0.05, 0) is 45.4 Å². The highest BCUT2D eigenvalue weighted by atomic mass is 16.5. The van der Waals surface area contributed by atoms with Crippen LogP contribution in [0.1, 0.15) is 72.1 Å². The van der Waals surface area contributed by atoms with E-state index in [-0.39, 0.29) is 12.1 Å². The summed E-state index contributed by atoms with van der Waals surface area (Å²) in [6.07, 6.45) is 11.2. The van der Waals surface area contributed by atoms with Crippen LogP contribution in [0.3, 0.4) is 0 Å². The molecule has 3 heteroatoms. The Hall–Kier alpha value is -0.830. The van der Waals surface area contributed by atoms with Crippen molar-refractivity contribution in [1.29, 1.82) is 0 Å². The Balaban J connectivity index is 2.09. The van der Waals surface area contributed by atoms with Crippen molar-refractivity contribution in [3.8, 4) is 0 Å². The van der Waals surface area contributed by atoms with Gasteiger partial charge in [0.25, 0.3) is 0 Å². The molecule has 0 aromatic rings. The van der Waals surface area contributed by atoms with E-state index in [4.69, 9.17) is 9.47 Å². The van der Waals surface area contributed by atoms with Gasteiger partial charge in [-0.1, -0.05) is 37.8 Å². The summed E-state index contributed by atoms with van der Waals surface area (Å²) < 4.78 is 11.6. The molecule has 2 atom stereocenters. The van der Waals surface area contributed by atoms with Crippen LogP contribution in [0.5, 0.6) is 0 Å². The normalized spacial score (nSPS) is 30.8. The predicted octanol–water partition coefficient (Wildman–Crippen LogP) is 4.40. The Bertz CT molecular complexity index is 382. The average molecular weight is 294 g/mol. The van der Waals surface area contributed by atoms with Gasteiger partial charge in [-0.3, -0.25) is 4.79 Å². The molecule has 0 saturated heterocycles. The molecule has 120 valence electrons. The molecule has 2 aliphatic rings. The molecular formula is C18H30O3. The van der Waals surface area contributed by atoms with E-state index in [1.165, 1.54) is 37.7 Å². The first-order chi connectivity index (χ1) is 10.1. The van der Waals surface area contributed by atoms with E-state index < -0.39 is 5.60 Å². The Morgan fingerprint density at radius 3 is 2.67 bits per heavy atom. The molecule has 1 aliphatic heterocycles. The Morgan fingerprint density at radius 1 is 1.33 bits per heavy atom. The molecule has 1 fully saturated rings. The molecule has 0 aromatic carbocycles. The van der Waals surface area contributed by atoms with Crippen molar-refractivity contribution in [2.45, 2.75) is 83.8 Å². The summed E-state index contributed by atoms with van der Waals surface area (Å²) in [4.78, 5) is 11.9. The number of esters is 1. The Kier molecular flexibility index (Phi) is 5.86. The number of hydrogen-bond acceptors (Lipinski definition) is 3. The molecule has 1 saturated carbocycles. The van der Waals surface area contributed by atoms with E-state index >= 15 is 0 Å². The third-order valence-electron chi connectivity index (χ3n) is 4.94. The lowest BCUT2D eigenvalue weighted by Crippen LogP contribution is -2.43. The zero-order valence-electron chi connectivity index (χ0n) is 13.8. The maximum atomic E-state index is 11.9. The van der Waals surface area contributed by atoms with Gasteiger partial charge in [0.1, 0.15) is 0 Å². The number of rotatable bonds is 5. The highest BCUT2D eigenvalue weighted by Crippen LogP contribution is 2.39. The van der Waals surface area contributed by atoms with Crippen molar-refractivity contribution >= 4 is 5.97 Å². The second kappa shape index (κ2) is 7.44. The molecule has 0 aromatic heterocycles. The van der Waals surface area contributed by atoms with E-state index in [1.807, 2.05) is 6.92 Å². The van der Waals surface area contributed by atoms with E-state index in [2.05, 4.69) is 19.9 Å². The minimum absolute atomic E-state index is 0.146. The first-order valence-electron chi connectivity index (χ1n) is 8.60. The van der Waals surface area contributed by atoms with Gasteiger partial charge in [0, 0.05) is 0 Å². The third-order valence-corrected chi connectivity index (χ3v) is 4.94. The number of hydrogen-bond donors (Lipinski definition) is 0. The predicted molar refractivity (Wildman–Crippen MR) is 84.1 cm³/mol. The van der Waals surface area contributed by atoms with Gasteiger partial charge < -0.3 is 9.47 Å². The summed E-state index contributed by atoms with van der Waals surface area (Å²) >= 11 is 0. The maximum Gasteiger partial charge on any atom is 0.309 e. The zero-order valence-corrected chi connectivity index (χ0v) is 13.8. The molecule has 0 spiro atoms. The number of ether oxygens (including phenoxy) is 2. The SMILES string of the molecule is CCOC(=O)C[C@]1(CC)C=C(C)C[C@H](C2CCCCC2)O1. The lowest BCUT2D eigenvalue weighted by atomic mass is 9.79. The van der Waals surface area contributed by atoms with Crippen LogP contribution in [0.2, 0.25) is 0 Å². The van der Waals surface area contributed by atoms with Crippen molar-refractivity contribution in [2.75, 3.05) is 6.61 Å². The van der Waals surface area contributed by atoms with Gasteiger partial charge in [-0.2, -0.15) is 0 Å². The number of carbonyl (C=O) groups is 1. The molecule has 0 amide bonds. The van der Waals surface area contributed by atoms with Crippen molar-refractivity contribution in [1.82, 2.24) is 0 Å². The average Bonchev–Trinajstić information content (AvgIpc) is 2.47. The second-order valence-corrected chi connectivity index (χ2v) is 6.65. The fourth-order valence-electron chi connectivity index (χ4n) is 3.83. The molecule has 1 heterocycles. The van der Waals surface area contributed by atoms with Crippen LogP contribution in [0.25, 0.3) is 0 Å². The highest BCUT2D eigenvalue weighted by molar-refractivity contribution is 5.71. The van der Waals surface area contributed by atoms with Gasteiger partial charge in [0.05, 0.1) is 24.7 Å². The van der Waals surface area contributed by atoms with Crippen molar-refractivity contribution in [3.63, 3.8) is 0 Å². The molecule has 21 heavy (non-hydrogen) atoms. The summed E-state index contributed by atoms with van der Waals surface area (Å²) in [6.45, 7) is 6.57. The Labute approximate surface area is 129 Å². The molecular weight excluding hydrogens is 264 g/mol. The molecule has 0 N–H and O–H groups in total. The lowest BCUT2D eigenvalue weighted by molar-refractivity contribution is -0.156. The molecule has 0 unspecified atom stereocenters. The van der Waals surface area contributed by atoms with Gasteiger partial charge in [-0.25, -0.2) is 0 Å². The van der Waals surface area contributed by atoms with Crippen LogP contribution < -0.4 is 0 Å². The molecule has 1 aliphatic carbocycles. The molecule has 0 radical (unpaired) electrons. The lowest BCUT2D eigenvalue weighted by Gasteiger charge is -2.42. The first-order valence-corrected chi connectivity index (χ1v) is 8.60. The summed E-state index contributed by atoms with van der Waals surface area (Å²) in [5.41, 5.74) is 0.916. The minimum atomic E-state index is -0.448. The van der Waals surface area contributed by atoms with Crippen LogP contribution in [-0.4, -0.2) is 24.3 Å². The molecule has 0 bridgehead atoms. The second-order valence-electron chi connectivity index (χ2n) is 6.65. The van der Waals surface area contributed by atoms with Gasteiger partial charge >= 0.3 is 5.97 Å². The topological polar surface area (TPSA) is 35.5 Å². The van der Waals surface area contributed by atoms with E-state index in [0.29, 0.717) is 18.9 Å². The maximum absolute atomic E-state index is 11.9. The molecule has 3 nitrogen and oxygen atoms in total. The van der Waals surface area contributed by atoms with Crippen LogP contribution in [-0.2, 0) is 14.3 Å². The van der Waals surface area contributed by atoms with Crippen molar-refractivity contribution in [2.24, 2.45) is 5.92 Å². The Morgan fingerprint density at radius 2 is 2.05 bits per heavy atom. The van der Waals surface area contributed by atoms with Gasteiger partial charge in [-0.15, -0.1) is 0 Å². The zero-order chi connectivity index (χ0) is 15.3. The standard InChI is InChI=1S/C18H30O3/c1-4-18(13-17(19)20-5-2)12-14(3)11-16(21-18)15-9-7-6-8-10-15/h12,15-16H,4-11,13H2,1-3H3/t16-,18+/m1/s1. The van der Waals surface area contributed by atoms with Crippen LogP contribution in [0.15, 0.2) is 11.6 Å². The summed E-state index contributed by atoms with van der Waals surface area (Å²) in [5, 5.41) is 0. The summed E-state index contributed by atoms with van der Waals surface area (Å²) in [5.74, 6) is 0.517. The number of carbonyl (C=O) groups excluding carboxylic acids is 1. The van der Waals surface area contributed by atoms with Crippen LogP contribution >= 0.6 is 0 Å². The fraction of sp³-hybridized carbons (Fsp3) is 0.833. The van der Waals surface area contributed by atoms with E-state index in [9.17, 15) is 4.79 Å². The monoisotopic (exact) mass is 294 g/mol. The largest absolute Gasteiger partial charge is 0.466 e. The smallest absolute Gasteiger partial charge is 0.309 e. The van der Waals surface area contributed by atoms with E-state index in [0.717, 1.165) is 12.8 Å². The van der Waals surface area contributed by atoms with E-state index in [1.54, 1.807) is 0 Å².